The number of aldehydes is 1. The van der Waals surface area contributed by atoms with Crippen LogP contribution in [0.1, 0.15) is 51.9 Å². The van der Waals surface area contributed by atoms with Gasteiger partial charge in [-0.05, 0) is 49.7 Å². The van der Waals surface area contributed by atoms with Gasteiger partial charge in [0.1, 0.15) is 6.29 Å². The van der Waals surface area contributed by atoms with Crippen molar-refractivity contribution in [2.45, 2.75) is 51.9 Å². The van der Waals surface area contributed by atoms with Crippen LogP contribution in [0.25, 0.3) is 0 Å². The molecule has 1 aliphatic rings. The van der Waals surface area contributed by atoms with Gasteiger partial charge in [-0.1, -0.05) is 31.9 Å². The molecule has 0 radical (unpaired) electrons. The van der Waals surface area contributed by atoms with Gasteiger partial charge in [-0.15, -0.1) is 5.73 Å². The number of unbranched alkanes of at least 4 members (excludes halogenated alkanes) is 2. The molecule has 0 aromatic carbocycles. The van der Waals surface area contributed by atoms with Crippen molar-refractivity contribution in [1.29, 1.82) is 0 Å². The molecule has 0 aliphatic heterocycles. The quantitative estimate of drug-likeness (QED) is 0.274. The van der Waals surface area contributed by atoms with Crippen LogP contribution in [0, 0.1) is 11.8 Å². The maximum absolute atomic E-state index is 10.2. The third-order valence-electron chi connectivity index (χ3n) is 3.32. The molecule has 0 bridgehead atoms. The summed E-state index contributed by atoms with van der Waals surface area (Å²) in [5, 5.41) is 0. The second kappa shape index (κ2) is 9.01. The summed E-state index contributed by atoms with van der Waals surface area (Å²) in [4.78, 5) is 10.2. The molecule has 0 aromatic heterocycles. The van der Waals surface area contributed by atoms with E-state index in [2.05, 4.69) is 30.9 Å². The molecule has 0 aromatic rings. The van der Waals surface area contributed by atoms with Gasteiger partial charge >= 0.3 is 0 Å². The van der Waals surface area contributed by atoms with Crippen molar-refractivity contribution < 1.29 is 4.79 Å². The van der Waals surface area contributed by atoms with Crippen molar-refractivity contribution in [3.63, 3.8) is 0 Å². The predicted octanol–water partition coefficient (Wildman–Crippen LogP) is 4.45. The van der Waals surface area contributed by atoms with Gasteiger partial charge in [-0.2, -0.15) is 0 Å². The van der Waals surface area contributed by atoms with E-state index in [1.165, 1.54) is 32.1 Å². The summed E-state index contributed by atoms with van der Waals surface area (Å²) in [6, 6.07) is 0. The third kappa shape index (κ3) is 5.70. The molecule has 0 saturated heterocycles. The van der Waals surface area contributed by atoms with Crippen LogP contribution >= 0.6 is 0 Å². The standard InChI is InChI=1S/C16H24O/c1-2-3-6-10-15-12-9-13-16(15)11-7-4-5-8-14-17/h4,6,10-11,14-16H,2-3,5,8-9,12-13H2,1H3/t7?,15-,16-/m0/s1. The van der Waals surface area contributed by atoms with Crippen molar-refractivity contribution in [3.05, 3.63) is 30.0 Å². The number of allylic oxidation sites excluding steroid dienone is 3. The summed E-state index contributed by atoms with van der Waals surface area (Å²) < 4.78 is 0. The van der Waals surface area contributed by atoms with Crippen LogP contribution in [0.2, 0.25) is 0 Å². The molecule has 2 atom stereocenters. The van der Waals surface area contributed by atoms with Crippen LogP contribution in [0.15, 0.2) is 30.0 Å². The maximum Gasteiger partial charge on any atom is 0.120 e. The molecular formula is C16H24O. The van der Waals surface area contributed by atoms with E-state index in [4.69, 9.17) is 0 Å². The smallest absolute Gasteiger partial charge is 0.120 e. The number of hydrogen-bond donors (Lipinski definition) is 0. The number of hydrogen-bond acceptors (Lipinski definition) is 1. The minimum Gasteiger partial charge on any atom is -0.303 e. The zero-order valence-electron chi connectivity index (χ0n) is 10.9. The van der Waals surface area contributed by atoms with Crippen molar-refractivity contribution >= 4 is 6.29 Å². The molecule has 0 spiro atoms. The SMILES string of the molecule is CCCC=C[C@H]1CCC[C@@H]1C=C=CCCC=O. The molecule has 0 heterocycles. The lowest BCUT2D eigenvalue weighted by molar-refractivity contribution is -0.107. The summed E-state index contributed by atoms with van der Waals surface area (Å²) >= 11 is 0. The molecule has 1 aliphatic carbocycles. The highest BCUT2D eigenvalue weighted by Gasteiger charge is 2.22. The Balaban J connectivity index is 2.40. The number of rotatable bonds is 7. The van der Waals surface area contributed by atoms with Crippen molar-refractivity contribution in [1.82, 2.24) is 0 Å². The van der Waals surface area contributed by atoms with E-state index in [0.29, 0.717) is 18.3 Å². The van der Waals surface area contributed by atoms with Gasteiger partial charge < -0.3 is 4.79 Å². The molecule has 1 heteroatoms. The molecule has 0 amide bonds. The van der Waals surface area contributed by atoms with E-state index in [1.807, 2.05) is 6.08 Å². The van der Waals surface area contributed by atoms with Crippen LogP contribution in [0.5, 0.6) is 0 Å². The number of carbonyl (C=O) groups is 1. The topological polar surface area (TPSA) is 17.1 Å². The molecule has 94 valence electrons. The second-order valence-electron chi connectivity index (χ2n) is 4.76. The Morgan fingerprint density at radius 3 is 2.76 bits per heavy atom. The summed E-state index contributed by atoms with van der Waals surface area (Å²) in [7, 11) is 0. The van der Waals surface area contributed by atoms with Crippen LogP contribution in [-0.2, 0) is 4.79 Å². The monoisotopic (exact) mass is 232 g/mol. The average molecular weight is 232 g/mol. The van der Waals surface area contributed by atoms with Crippen LogP contribution < -0.4 is 0 Å². The van der Waals surface area contributed by atoms with E-state index in [1.54, 1.807) is 0 Å². The molecule has 0 unspecified atom stereocenters. The van der Waals surface area contributed by atoms with E-state index in [0.717, 1.165) is 12.7 Å². The Bertz CT molecular complexity index is 295. The first-order chi connectivity index (χ1) is 8.38. The molecule has 1 rings (SSSR count). The molecule has 1 saturated carbocycles. The largest absolute Gasteiger partial charge is 0.303 e. The van der Waals surface area contributed by atoms with Gasteiger partial charge in [-0.3, -0.25) is 0 Å². The van der Waals surface area contributed by atoms with Gasteiger partial charge in [0, 0.05) is 6.42 Å². The fourth-order valence-corrected chi connectivity index (χ4v) is 2.33. The fourth-order valence-electron chi connectivity index (χ4n) is 2.33. The van der Waals surface area contributed by atoms with Gasteiger partial charge in [-0.25, -0.2) is 0 Å². The van der Waals surface area contributed by atoms with Crippen LogP contribution in [-0.4, -0.2) is 6.29 Å². The Hall–Kier alpha value is -1.07. The van der Waals surface area contributed by atoms with Crippen LogP contribution in [0.4, 0.5) is 0 Å². The molecule has 17 heavy (non-hydrogen) atoms. The lowest BCUT2D eigenvalue weighted by Gasteiger charge is -2.09. The fraction of sp³-hybridized carbons (Fsp3) is 0.625. The lowest BCUT2D eigenvalue weighted by atomic mass is 9.95. The average Bonchev–Trinajstić information content (AvgIpc) is 2.77. The van der Waals surface area contributed by atoms with Gasteiger partial charge in [0.2, 0.25) is 0 Å². The first kappa shape index (κ1) is 14.0. The summed E-state index contributed by atoms with van der Waals surface area (Å²) in [5.41, 5.74) is 3.24. The van der Waals surface area contributed by atoms with Crippen molar-refractivity contribution in [2.75, 3.05) is 0 Å². The number of carbonyl (C=O) groups excluding carboxylic acids is 1. The van der Waals surface area contributed by atoms with E-state index in [9.17, 15) is 4.79 Å². The Morgan fingerprint density at radius 1 is 1.18 bits per heavy atom. The second-order valence-corrected chi connectivity index (χ2v) is 4.76. The zero-order valence-corrected chi connectivity index (χ0v) is 10.9. The van der Waals surface area contributed by atoms with E-state index >= 15 is 0 Å². The normalized spacial score (nSPS) is 23.6. The van der Waals surface area contributed by atoms with Gasteiger partial charge in [0.25, 0.3) is 0 Å². The zero-order chi connectivity index (χ0) is 12.3. The van der Waals surface area contributed by atoms with E-state index < -0.39 is 0 Å². The predicted molar refractivity (Wildman–Crippen MR) is 72.8 cm³/mol. The first-order valence-electron chi connectivity index (χ1n) is 6.89. The van der Waals surface area contributed by atoms with Gasteiger partial charge in [0.15, 0.2) is 0 Å². The summed E-state index contributed by atoms with van der Waals surface area (Å²) in [5.74, 6) is 1.38. The Labute approximate surface area is 105 Å². The Kier molecular flexibility index (Phi) is 7.42. The minimum absolute atomic E-state index is 0.616. The molecule has 0 N–H and O–H groups in total. The summed E-state index contributed by atoms with van der Waals surface area (Å²) in [6.45, 7) is 2.21. The molecule has 1 fully saturated rings. The van der Waals surface area contributed by atoms with Crippen molar-refractivity contribution in [3.8, 4) is 0 Å². The lowest BCUT2D eigenvalue weighted by Crippen LogP contribution is -2.00. The maximum atomic E-state index is 10.2. The minimum atomic E-state index is 0.616. The summed E-state index contributed by atoms with van der Waals surface area (Å²) in [6.07, 6.45) is 17.7. The highest BCUT2D eigenvalue weighted by atomic mass is 16.1. The van der Waals surface area contributed by atoms with E-state index in [-0.39, 0.29) is 0 Å². The first-order valence-corrected chi connectivity index (χ1v) is 6.89. The van der Waals surface area contributed by atoms with Gasteiger partial charge in [0.05, 0.1) is 0 Å². The van der Waals surface area contributed by atoms with Crippen LogP contribution in [0.3, 0.4) is 0 Å². The molecule has 1 nitrogen and oxygen atoms in total. The Morgan fingerprint density at radius 2 is 2.00 bits per heavy atom. The third-order valence-corrected chi connectivity index (χ3v) is 3.32. The highest BCUT2D eigenvalue weighted by Crippen LogP contribution is 2.33. The van der Waals surface area contributed by atoms with Crippen molar-refractivity contribution in [2.24, 2.45) is 11.8 Å². The highest BCUT2D eigenvalue weighted by molar-refractivity contribution is 5.49. The molecular weight excluding hydrogens is 208 g/mol.